The van der Waals surface area contributed by atoms with Crippen LogP contribution in [0.4, 0.5) is 0 Å². The summed E-state index contributed by atoms with van der Waals surface area (Å²) >= 11 is 0. The number of rotatable bonds is 6. The van der Waals surface area contributed by atoms with Crippen molar-refractivity contribution in [3.63, 3.8) is 0 Å². The van der Waals surface area contributed by atoms with Gasteiger partial charge in [-0.15, -0.1) is 0 Å². The summed E-state index contributed by atoms with van der Waals surface area (Å²) in [5.41, 5.74) is 2.15. The number of esters is 1. The zero-order valence-electron chi connectivity index (χ0n) is 15.1. The monoisotopic (exact) mass is 367 g/mol. The summed E-state index contributed by atoms with van der Waals surface area (Å²) in [6.07, 6.45) is 4.41. The van der Waals surface area contributed by atoms with Crippen molar-refractivity contribution in [2.75, 3.05) is 6.61 Å². The SMILES string of the molecule is CCOC(=O)c1cn(CCc2ccc(O)cc2)c2cc(C3CC3)nn2c1=O. The summed E-state index contributed by atoms with van der Waals surface area (Å²) < 4.78 is 8.22. The van der Waals surface area contributed by atoms with Crippen LogP contribution < -0.4 is 5.56 Å². The minimum atomic E-state index is -0.633. The van der Waals surface area contributed by atoms with Crippen LogP contribution in [0.15, 0.2) is 41.3 Å². The highest BCUT2D eigenvalue weighted by atomic mass is 16.5. The van der Waals surface area contributed by atoms with Gasteiger partial charge in [-0.25, -0.2) is 4.79 Å². The fourth-order valence-corrected chi connectivity index (χ4v) is 3.15. The minimum absolute atomic E-state index is 0.0134. The molecule has 27 heavy (non-hydrogen) atoms. The van der Waals surface area contributed by atoms with Crippen LogP contribution >= 0.6 is 0 Å². The second-order valence-corrected chi connectivity index (χ2v) is 6.79. The molecule has 1 N–H and O–H groups in total. The van der Waals surface area contributed by atoms with E-state index in [1.807, 2.05) is 22.8 Å². The van der Waals surface area contributed by atoms with Crippen LogP contribution in [0.1, 0.15) is 47.3 Å². The number of nitrogens with zero attached hydrogens (tertiary/aromatic N) is 3. The lowest BCUT2D eigenvalue weighted by atomic mass is 10.1. The first-order valence-corrected chi connectivity index (χ1v) is 9.15. The maximum atomic E-state index is 12.7. The number of benzene rings is 1. The molecule has 1 saturated carbocycles. The van der Waals surface area contributed by atoms with Crippen molar-refractivity contribution < 1.29 is 14.6 Å². The highest BCUT2D eigenvalue weighted by Crippen LogP contribution is 2.39. The number of phenols is 1. The number of aryl methyl sites for hydroxylation is 2. The van der Waals surface area contributed by atoms with Crippen molar-refractivity contribution in [1.29, 1.82) is 0 Å². The fourth-order valence-electron chi connectivity index (χ4n) is 3.15. The fraction of sp³-hybridized carbons (Fsp3) is 0.350. The van der Waals surface area contributed by atoms with E-state index in [1.54, 1.807) is 25.3 Å². The lowest BCUT2D eigenvalue weighted by molar-refractivity contribution is 0.0522. The highest BCUT2D eigenvalue weighted by molar-refractivity contribution is 5.88. The summed E-state index contributed by atoms with van der Waals surface area (Å²) in [5, 5.41) is 13.9. The van der Waals surface area contributed by atoms with Gasteiger partial charge in [0.15, 0.2) is 0 Å². The molecule has 0 unspecified atom stereocenters. The first-order valence-electron chi connectivity index (χ1n) is 9.15. The van der Waals surface area contributed by atoms with Crippen LogP contribution in [-0.4, -0.2) is 31.9 Å². The quantitative estimate of drug-likeness (QED) is 0.677. The van der Waals surface area contributed by atoms with Crippen molar-refractivity contribution >= 4 is 11.6 Å². The Hall–Kier alpha value is -3.09. The molecule has 0 atom stereocenters. The number of ether oxygens (including phenoxy) is 1. The molecule has 2 heterocycles. The Labute approximate surface area is 155 Å². The topological polar surface area (TPSA) is 85.8 Å². The van der Waals surface area contributed by atoms with Crippen molar-refractivity contribution in [3.8, 4) is 5.75 Å². The molecule has 0 radical (unpaired) electrons. The molecule has 1 aromatic carbocycles. The number of phenolic OH excluding ortho intramolecular Hbond substituents is 1. The van der Waals surface area contributed by atoms with E-state index in [2.05, 4.69) is 5.10 Å². The minimum Gasteiger partial charge on any atom is -0.508 e. The van der Waals surface area contributed by atoms with E-state index in [0.29, 0.717) is 24.5 Å². The van der Waals surface area contributed by atoms with Crippen LogP contribution in [0.25, 0.3) is 5.65 Å². The molecule has 0 aliphatic heterocycles. The molecule has 1 fully saturated rings. The van der Waals surface area contributed by atoms with Gasteiger partial charge in [-0.1, -0.05) is 12.1 Å². The molecule has 0 bridgehead atoms. The van der Waals surface area contributed by atoms with Gasteiger partial charge in [0.25, 0.3) is 5.56 Å². The normalized spacial score (nSPS) is 13.8. The largest absolute Gasteiger partial charge is 0.508 e. The maximum absolute atomic E-state index is 12.7. The van der Waals surface area contributed by atoms with E-state index in [1.165, 1.54) is 4.52 Å². The number of hydrogen-bond acceptors (Lipinski definition) is 5. The molecule has 3 aromatic rings. The molecule has 1 aliphatic carbocycles. The Morgan fingerprint density at radius 3 is 2.70 bits per heavy atom. The lowest BCUT2D eigenvalue weighted by Gasteiger charge is -2.11. The summed E-state index contributed by atoms with van der Waals surface area (Å²) in [4.78, 5) is 24.9. The molecule has 0 spiro atoms. The Kier molecular flexibility index (Phi) is 4.43. The Morgan fingerprint density at radius 1 is 1.30 bits per heavy atom. The highest BCUT2D eigenvalue weighted by Gasteiger charge is 2.28. The van der Waals surface area contributed by atoms with Gasteiger partial charge in [0.1, 0.15) is 17.0 Å². The number of fused-ring (bicyclic) bond motifs is 1. The van der Waals surface area contributed by atoms with E-state index in [4.69, 9.17) is 4.74 Å². The van der Waals surface area contributed by atoms with Gasteiger partial charge in [0, 0.05) is 24.7 Å². The molecule has 140 valence electrons. The number of carbonyl (C=O) groups excluding carboxylic acids is 1. The predicted octanol–water partition coefficient (Wildman–Crippen LogP) is 2.50. The molecule has 2 aromatic heterocycles. The van der Waals surface area contributed by atoms with Gasteiger partial charge >= 0.3 is 5.97 Å². The van der Waals surface area contributed by atoms with E-state index in [9.17, 15) is 14.7 Å². The van der Waals surface area contributed by atoms with Gasteiger partial charge in [0.2, 0.25) is 0 Å². The average Bonchev–Trinajstić information content (AvgIpc) is 3.41. The first kappa shape index (κ1) is 17.3. The van der Waals surface area contributed by atoms with E-state index < -0.39 is 11.5 Å². The zero-order chi connectivity index (χ0) is 19.0. The van der Waals surface area contributed by atoms with Crippen LogP contribution in [0.3, 0.4) is 0 Å². The predicted molar refractivity (Wildman–Crippen MR) is 99.2 cm³/mol. The summed E-state index contributed by atoms with van der Waals surface area (Å²) in [6, 6.07) is 8.93. The zero-order valence-corrected chi connectivity index (χ0v) is 15.1. The van der Waals surface area contributed by atoms with Crippen LogP contribution in [0, 0.1) is 0 Å². The standard InChI is InChI=1S/C20H21N3O4/c1-2-27-20(26)16-12-22(10-9-13-3-7-15(24)8-4-13)18-11-17(14-5-6-14)21-23(18)19(16)25/h3-4,7-8,11-12,14,24H,2,5-6,9-10H2,1H3. The second-order valence-electron chi connectivity index (χ2n) is 6.79. The van der Waals surface area contributed by atoms with Gasteiger partial charge in [0.05, 0.1) is 12.3 Å². The molecule has 4 rings (SSSR count). The molecule has 0 saturated heterocycles. The molecule has 7 heteroatoms. The van der Waals surface area contributed by atoms with Crippen molar-refractivity contribution in [3.05, 3.63) is 63.7 Å². The van der Waals surface area contributed by atoms with Gasteiger partial charge in [-0.05, 0) is 43.9 Å². The molecular formula is C20H21N3O4. The Morgan fingerprint density at radius 2 is 2.04 bits per heavy atom. The first-order chi connectivity index (χ1) is 13.1. The van der Waals surface area contributed by atoms with Gasteiger partial charge < -0.3 is 14.4 Å². The van der Waals surface area contributed by atoms with Crippen LogP contribution in [0.5, 0.6) is 5.75 Å². The van der Waals surface area contributed by atoms with Gasteiger partial charge in [-0.3, -0.25) is 4.79 Å². The summed E-state index contributed by atoms with van der Waals surface area (Å²) in [5.74, 6) is -0.00823. The van der Waals surface area contributed by atoms with Crippen molar-refractivity contribution in [1.82, 2.24) is 14.2 Å². The summed E-state index contributed by atoms with van der Waals surface area (Å²) in [6.45, 7) is 2.48. The third-order valence-electron chi connectivity index (χ3n) is 4.78. The summed E-state index contributed by atoms with van der Waals surface area (Å²) in [7, 11) is 0. The second kappa shape index (κ2) is 6.90. The van der Waals surface area contributed by atoms with Crippen LogP contribution in [0.2, 0.25) is 0 Å². The number of hydrogen-bond donors (Lipinski definition) is 1. The Bertz CT molecular complexity index is 1050. The Balaban J connectivity index is 1.74. The lowest BCUT2D eigenvalue weighted by Crippen LogP contribution is -2.27. The maximum Gasteiger partial charge on any atom is 0.345 e. The molecule has 7 nitrogen and oxygen atoms in total. The number of aromatic nitrogens is 3. The molecular weight excluding hydrogens is 346 g/mol. The van der Waals surface area contributed by atoms with E-state index in [0.717, 1.165) is 24.1 Å². The van der Waals surface area contributed by atoms with E-state index in [-0.39, 0.29) is 17.9 Å². The van der Waals surface area contributed by atoms with Crippen molar-refractivity contribution in [2.45, 2.75) is 38.6 Å². The average molecular weight is 367 g/mol. The number of carbonyl (C=O) groups is 1. The number of aromatic hydroxyl groups is 1. The smallest absolute Gasteiger partial charge is 0.345 e. The molecule has 1 aliphatic rings. The van der Waals surface area contributed by atoms with Crippen LogP contribution in [-0.2, 0) is 17.7 Å². The van der Waals surface area contributed by atoms with Crippen molar-refractivity contribution in [2.24, 2.45) is 0 Å². The van der Waals surface area contributed by atoms with E-state index >= 15 is 0 Å². The third kappa shape index (κ3) is 3.45. The van der Waals surface area contributed by atoms with Gasteiger partial charge in [-0.2, -0.15) is 9.61 Å². The third-order valence-corrected chi connectivity index (χ3v) is 4.78. The molecule has 0 amide bonds.